The zero-order valence-corrected chi connectivity index (χ0v) is 12.1. The zero-order valence-electron chi connectivity index (χ0n) is 11.3. The minimum Gasteiger partial charge on any atom is -0.457 e. The SMILES string of the molecule is O=C1Cc2cc(Oc3cc(F)c(C(F)(F)F)c(Cl)c3)ccc2N1. The summed E-state index contributed by atoms with van der Waals surface area (Å²) in [5.41, 5.74) is -0.208. The number of alkyl halides is 3. The fourth-order valence-electron chi connectivity index (χ4n) is 2.28. The molecule has 0 bridgehead atoms. The van der Waals surface area contributed by atoms with Gasteiger partial charge in [-0.1, -0.05) is 11.6 Å². The summed E-state index contributed by atoms with van der Waals surface area (Å²) in [4.78, 5) is 11.3. The third-order valence-corrected chi connectivity index (χ3v) is 3.53. The fourth-order valence-corrected chi connectivity index (χ4v) is 2.59. The molecular weight excluding hydrogens is 338 g/mol. The molecule has 1 aliphatic rings. The Balaban J connectivity index is 1.90. The minimum absolute atomic E-state index is 0.166. The number of nitrogens with one attached hydrogen (secondary N) is 1. The summed E-state index contributed by atoms with van der Waals surface area (Å²) in [6, 6.07) is 6.16. The van der Waals surface area contributed by atoms with Crippen LogP contribution in [0.4, 0.5) is 23.2 Å². The largest absolute Gasteiger partial charge is 0.457 e. The highest BCUT2D eigenvalue weighted by Crippen LogP contribution is 2.39. The molecule has 3 rings (SSSR count). The van der Waals surface area contributed by atoms with E-state index in [0.29, 0.717) is 17.3 Å². The first-order valence-electron chi connectivity index (χ1n) is 6.41. The second-order valence-electron chi connectivity index (χ2n) is 4.91. The van der Waals surface area contributed by atoms with Crippen LogP contribution < -0.4 is 10.1 Å². The third-order valence-electron chi connectivity index (χ3n) is 3.24. The van der Waals surface area contributed by atoms with E-state index in [1.165, 1.54) is 6.07 Å². The quantitative estimate of drug-likeness (QED) is 0.795. The molecule has 1 aliphatic heterocycles. The number of carbonyl (C=O) groups excluding carboxylic acids is 1. The molecule has 1 heterocycles. The molecule has 3 nitrogen and oxygen atoms in total. The van der Waals surface area contributed by atoms with E-state index >= 15 is 0 Å². The van der Waals surface area contributed by atoms with Gasteiger partial charge in [-0.25, -0.2) is 4.39 Å². The summed E-state index contributed by atoms with van der Waals surface area (Å²) >= 11 is 5.50. The highest BCUT2D eigenvalue weighted by atomic mass is 35.5. The predicted octanol–water partition coefficient (Wildman–Crippen LogP) is 4.78. The van der Waals surface area contributed by atoms with Crippen molar-refractivity contribution in [3.63, 3.8) is 0 Å². The number of halogens is 5. The van der Waals surface area contributed by atoms with Gasteiger partial charge in [-0.05, 0) is 23.8 Å². The number of ether oxygens (including phenoxy) is 1. The van der Waals surface area contributed by atoms with Gasteiger partial charge in [0, 0.05) is 17.8 Å². The lowest BCUT2D eigenvalue weighted by Crippen LogP contribution is -2.09. The van der Waals surface area contributed by atoms with Crippen molar-refractivity contribution in [1.29, 1.82) is 0 Å². The minimum atomic E-state index is -4.89. The number of hydrogen-bond acceptors (Lipinski definition) is 2. The van der Waals surface area contributed by atoms with Gasteiger partial charge < -0.3 is 10.1 Å². The monoisotopic (exact) mass is 345 g/mol. The van der Waals surface area contributed by atoms with Crippen molar-refractivity contribution in [2.45, 2.75) is 12.6 Å². The normalized spacial score (nSPS) is 13.7. The van der Waals surface area contributed by atoms with Crippen LogP contribution in [0.2, 0.25) is 5.02 Å². The first-order valence-corrected chi connectivity index (χ1v) is 6.79. The molecule has 23 heavy (non-hydrogen) atoms. The molecule has 0 spiro atoms. The van der Waals surface area contributed by atoms with E-state index in [-0.39, 0.29) is 23.8 Å². The van der Waals surface area contributed by atoms with E-state index < -0.39 is 22.6 Å². The number of benzene rings is 2. The lowest BCUT2D eigenvalue weighted by Gasteiger charge is -2.13. The molecule has 0 unspecified atom stereocenters. The predicted molar refractivity (Wildman–Crippen MR) is 75.3 cm³/mol. The number of hydrogen-bond donors (Lipinski definition) is 1. The maximum absolute atomic E-state index is 13.6. The van der Waals surface area contributed by atoms with Gasteiger partial charge in [-0.2, -0.15) is 13.2 Å². The average molecular weight is 346 g/mol. The Hall–Kier alpha value is -2.28. The highest BCUT2D eigenvalue weighted by molar-refractivity contribution is 6.31. The van der Waals surface area contributed by atoms with Crippen LogP contribution in [0.1, 0.15) is 11.1 Å². The number of anilines is 1. The van der Waals surface area contributed by atoms with Gasteiger partial charge in [-0.3, -0.25) is 4.79 Å². The first kappa shape index (κ1) is 15.6. The molecule has 0 fully saturated rings. The Kier molecular flexibility index (Phi) is 3.68. The standard InChI is InChI=1S/C15H8ClF4NO2/c16-10-5-9(6-11(17)14(10)15(18,19)20)23-8-1-2-12-7(3-8)4-13(22)21-12/h1-3,5-6H,4H2,(H,21,22). The molecule has 0 saturated heterocycles. The lowest BCUT2D eigenvalue weighted by atomic mass is 10.1. The Morgan fingerprint density at radius 3 is 2.52 bits per heavy atom. The second kappa shape index (κ2) is 5.42. The van der Waals surface area contributed by atoms with Crippen LogP contribution in [-0.4, -0.2) is 5.91 Å². The fraction of sp³-hybridized carbons (Fsp3) is 0.133. The molecule has 2 aromatic carbocycles. The van der Waals surface area contributed by atoms with Gasteiger partial charge >= 0.3 is 6.18 Å². The molecule has 1 N–H and O–H groups in total. The van der Waals surface area contributed by atoms with E-state index in [0.717, 1.165) is 6.07 Å². The molecule has 120 valence electrons. The highest BCUT2D eigenvalue weighted by Gasteiger charge is 2.37. The Morgan fingerprint density at radius 2 is 1.87 bits per heavy atom. The Labute approximate surface area is 132 Å². The molecule has 0 aliphatic carbocycles. The van der Waals surface area contributed by atoms with E-state index in [9.17, 15) is 22.4 Å². The second-order valence-corrected chi connectivity index (χ2v) is 5.31. The van der Waals surface area contributed by atoms with Gasteiger partial charge in [0.2, 0.25) is 5.91 Å². The molecule has 2 aromatic rings. The van der Waals surface area contributed by atoms with Crippen molar-refractivity contribution in [3.05, 3.63) is 52.3 Å². The van der Waals surface area contributed by atoms with Crippen LogP contribution in [0.25, 0.3) is 0 Å². The number of rotatable bonds is 2. The summed E-state index contributed by atoms with van der Waals surface area (Å²) in [6.07, 6.45) is -4.71. The van der Waals surface area contributed by atoms with Gasteiger partial charge in [0.25, 0.3) is 0 Å². The van der Waals surface area contributed by atoms with Gasteiger partial charge in [0.1, 0.15) is 22.9 Å². The number of fused-ring (bicyclic) bond motifs is 1. The van der Waals surface area contributed by atoms with Gasteiger partial charge in [0.15, 0.2) is 0 Å². The summed E-state index contributed by atoms with van der Waals surface area (Å²) in [7, 11) is 0. The molecule has 0 aromatic heterocycles. The van der Waals surface area contributed by atoms with E-state index in [2.05, 4.69) is 5.32 Å². The summed E-state index contributed by atoms with van der Waals surface area (Å²) in [5.74, 6) is -1.59. The van der Waals surface area contributed by atoms with Gasteiger partial charge in [0.05, 0.1) is 11.4 Å². The first-order chi connectivity index (χ1) is 10.7. The summed E-state index contributed by atoms with van der Waals surface area (Å²) in [6.45, 7) is 0. The molecule has 0 atom stereocenters. The van der Waals surface area contributed by atoms with E-state index in [4.69, 9.17) is 16.3 Å². The summed E-state index contributed by atoms with van der Waals surface area (Å²) < 4.78 is 56.9. The van der Waals surface area contributed by atoms with Crippen LogP contribution >= 0.6 is 11.6 Å². The Bertz CT molecular complexity index is 782. The van der Waals surface area contributed by atoms with Crippen LogP contribution in [0.5, 0.6) is 11.5 Å². The molecule has 8 heteroatoms. The Morgan fingerprint density at radius 1 is 1.13 bits per heavy atom. The smallest absolute Gasteiger partial charge is 0.420 e. The summed E-state index contributed by atoms with van der Waals surface area (Å²) in [5, 5.41) is 1.84. The maximum Gasteiger partial charge on any atom is 0.420 e. The van der Waals surface area contributed by atoms with Crippen molar-refractivity contribution in [2.24, 2.45) is 0 Å². The lowest BCUT2D eigenvalue weighted by molar-refractivity contribution is -0.139. The molecule has 0 saturated carbocycles. The van der Waals surface area contributed by atoms with E-state index in [1.807, 2.05) is 0 Å². The van der Waals surface area contributed by atoms with Crippen molar-refractivity contribution < 1.29 is 27.1 Å². The average Bonchev–Trinajstić information content (AvgIpc) is 2.75. The van der Waals surface area contributed by atoms with Crippen molar-refractivity contribution in [1.82, 2.24) is 0 Å². The molecule has 0 radical (unpaired) electrons. The topological polar surface area (TPSA) is 38.3 Å². The molecule has 1 amide bonds. The van der Waals surface area contributed by atoms with Crippen LogP contribution in [0, 0.1) is 5.82 Å². The van der Waals surface area contributed by atoms with Crippen LogP contribution in [0.15, 0.2) is 30.3 Å². The number of amides is 1. The number of carbonyl (C=O) groups is 1. The van der Waals surface area contributed by atoms with Crippen molar-refractivity contribution in [2.75, 3.05) is 5.32 Å². The van der Waals surface area contributed by atoms with E-state index in [1.54, 1.807) is 12.1 Å². The van der Waals surface area contributed by atoms with Crippen molar-refractivity contribution in [3.8, 4) is 11.5 Å². The third kappa shape index (κ3) is 3.10. The van der Waals surface area contributed by atoms with Gasteiger partial charge in [-0.15, -0.1) is 0 Å². The zero-order chi connectivity index (χ0) is 16.8. The molecular formula is C15H8ClF4NO2. The van der Waals surface area contributed by atoms with Crippen LogP contribution in [-0.2, 0) is 17.4 Å². The van der Waals surface area contributed by atoms with Crippen LogP contribution in [0.3, 0.4) is 0 Å². The van der Waals surface area contributed by atoms with Crippen molar-refractivity contribution >= 4 is 23.2 Å². The maximum atomic E-state index is 13.6.